The lowest BCUT2D eigenvalue weighted by Gasteiger charge is -2.56. The molecule has 32 heavy (non-hydrogen) atoms. The minimum absolute atomic E-state index is 0.0169. The summed E-state index contributed by atoms with van der Waals surface area (Å²) in [5.74, 6) is 2.47. The smallest absolute Gasteiger partial charge is 0.251 e. The van der Waals surface area contributed by atoms with E-state index in [1.54, 1.807) is 12.1 Å². The van der Waals surface area contributed by atoms with Crippen molar-refractivity contribution in [3.8, 4) is 0 Å². The number of piperidine rings is 1. The number of amides is 3. The Bertz CT molecular complexity index is 825. The maximum atomic E-state index is 12.7. The lowest BCUT2D eigenvalue weighted by atomic mass is 9.49. The van der Waals surface area contributed by atoms with Gasteiger partial charge < -0.3 is 15.5 Å². The molecule has 6 nitrogen and oxygen atoms in total. The van der Waals surface area contributed by atoms with Crippen molar-refractivity contribution in [3.05, 3.63) is 35.9 Å². The molecule has 2 N–H and O–H groups in total. The summed E-state index contributed by atoms with van der Waals surface area (Å²) in [6.07, 6.45) is 9.84. The zero-order valence-electron chi connectivity index (χ0n) is 18.9. The lowest BCUT2D eigenvalue weighted by molar-refractivity contribution is -0.136. The van der Waals surface area contributed by atoms with Crippen LogP contribution in [0.5, 0.6) is 0 Å². The summed E-state index contributed by atoms with van der Waals surface area (Å²) in [4.78, 5) is 39.5. The number of hydrogen-bond donors (Lipinski definition) is 2. The molecule has 1 aromatic carbocycles. The highest BCUT2D eigenvalue weighted by Crippen LogP contribution is 2.61. The van der Waals surface area contributed by atoms with Crippen LogP contribution in [0.25, 0.3) is 0 Å². The minimum atomic E-state index is -0.0627. The molecule has 0 radical (unpaired) electrons. The second-order valence-corrected chi connectivity index (χ2v) is 10.9. The predicted molar refractivity (Wildman–Crippen MR) is 122 cm³/mol. The molecular weight excluding hydrogens is 402 g/mol. The van der Waals surface area contributed by atoms with Gasteiger partial charge in [-0.15, -0.1) is 0 Å². The summed E-state index contributed by atoms with van der Waals surface area (Å²) in [6, 6.07) is 9.29. The van der Waals surface area contributed by atoms with Crippen molar-refractivity contribution in [1.29, 1.82) is 0 Å². The van der Waals surface area contributed by atoms with E-state index in [9.17, 15) is 14.4 Å². The molecule has 4 aliphatic carbocycles. The number of likely N-dealkylation sites (tertiary alicyclic amines) is 1. The zero-order valence-corrected chi connectivity index (χ0v) is 18.9. The van der Waals surface area contributed by atoms with Gasteiger partial charge in [0.25, 0.3) is 5.91 Å². The highest BCUT2D eigenvalue weighted by atomic mass is 16.2. The van der Waals surface area contributed by atoms with Gasteiger partial charge in [-0.2, -0.15) is 0 Å². The van der Waals surface area contributed by atoms with Crippen molar-refractivity contribution in [2.45, 2.75) is 63.8 Å². The summed E-state index contributed by atoms with van der Waals surface area (Å²) in [5.41, 5.74) is 0.865. The molecule has 1 saturated heterocycles. The topological polar surface area (TPSA) is 78.5 Å². The van der Waals surface area contributed by atoms with E-state index in [1.807, 2.05) is 23.1 Å². The summed E-state index contributed by atoms with van der Waals surface area (Å²) >= 11 is 0. The second-order valence-electron chi connectivity index (χ2n) is 10.9. The first kappa shape index (κ1) is 21.5. The molecular formula is C26H35N3O3. The Hall–Kier alpha value is -2.37. The third-order valence-corrected chi connectivity index (χ3v) is 8.36. The Morgan fingerprint density at radius 2 is 1.50 bits per heavy atom. The third-order valence-electron chi connectivity index (χ3n) is 8.36. The Balaban J connectivity index is 1.04. The Morgan fingerprint density at radius 1 is 0.906 bits per heavy atom. The monoisotopic (exact) mass is 437 g/mol. The molecule has 172 valence electrons. The van der Waals surface area contributed by atoms with Crippen LogP contribution in [0.1, 0.15) is 68.1 Å². The van der Waals surface area contributed by atoms with Gasteiger partial charge in [0.1, 0.15) is 0 Å². The SMILES string of the molecule is O=C(CC12CC3CC(CC(C3)C1)C2)NCC(=O)N1CCC(NC(=O)c2ccccc2)CC1. The number of carbonyl (C=O) groups excluding carboxylic acids is 3. The highest BCUT2D eigenvalue weighted by Gasteiger charge is 2.51. The fourth-order valence-corrected chi connectivity index (χ4v) is 7.33. The summed E-state index contributed by atoms with van der Waals surface area (Å²) in [5, 5.41) is 5.99. The van der Waals surface area contributed by atoms with Crippen molar-refractivity contribution in [2.24, 2.45) is 23.2 Å². The fraction of sp³-hybridized carbons (Fsp3) is 0.654. The van der Waals surface area contributed by atoms with Gasteiger partial charge in [-0.05, 0) is 86.7 Å². The van der Waals surface area contributed by atoms with Gasteiger partial charge in [-0.1, -0.05) is 18.2 Å². The molecule has 1 aliphatic heterocycles. The molecule has 6 heteroatoms. The second kappa shape index (κ2) is 8.87. The summed E-state index contributed by atoms with van der Waals surface area (Å²) < 4.78 is 0. The van der Waals surface area contributed by atoms with Gasteiger partial charge in [-0.3, -0.25) is 14.4 Å². The van der Waals surface area contributed by atoms with Crippen molar-refractivity contribution >= 4 is 17.7 Å². The molecule has 4 bridgehead atoms. The van der Waals surface area contributed by atoms with Gasteiger partial charge in [0.05, 0.1) is 6.54 Å². The fourth-order valence-electron chi connectivity index (χ4n) is 7.33. The minimum Gasteiger partial charge on any atom is -0.349 e. The van der Waals surface area contributed by atoms with Crippen molar-refractivity contribution in [2.75, 3.05) is 19.6 Å². The molecule has 1 aromatic rings. The van der Waals surface area contributed by atoms with Crippen LogP contribution >= 0.6 is 0 Å². The number of nitrogens with one attached hydrogen (secondary N) is 2. The summed E-state index contributed by atoms with van der Waals surface area (Å²) in [6.45, 7) is 1.32. The van der Waals surface area contributed by atoms with Crippen LogP contribution in [-0.4, -0.2) is 48.3 Å². The number of rotatable bonds is 6. The zero-order chi connectivity index (χ0) is 22.1. The van der Waals surface area contributed by atoms with E-state index in [1.165, 1.54) is 38.5 Å². The first-order valence-corrected chi connectivity index (χ1v) is 12.4. The Labute approximate surface area is 190 Å². The first-order valence-electron chi connectivity index (χ1n) is 12.4. The van der Waals surface area contributed by atoms with E-state index in [-0.39, 0.29) is 35.7 Å². The molecule has 3 amide bonds. The highest BCUT2D eigenvalue weighted by molar-refractivity contribution is 5.94. The molecule has 4 saturated carbocycles. The average molecular weight is 438 g/mol. The molecule has 0 aromatic heterocycles. The summed E-state index contributed by atoms with van der Waals surface area (Å²) in [7, 11) is 0. The maximum absolute atomic E-state index is 12.7. The van der Waals surface area contributed by atoms with E-state index in [0.29, 0.717) is 25.1 Å². The molecule has 0 atom stereocenters. The standard InChI is InChI=1S/C26H35N3O3/c30-23(16-26-13-18-10-19(14-26)12-20(11-18)15-26)27-17-24(31)29-8-6-22(7-9-29)28-25(32)21-4-2-1-3-5-21/h1-5,18-20,22H,6-17H2,(H,27,30)(H,28,32). The molecule has 1 heterocycles. The predicted octanol–water partition coefficient (Wildman–Crippen LogP) is 3.13. The molecule has 6 rings (SSSR count). The molecule has 0 unspecified atom stereocenters. The number of nitrogens with zero attached hydrogens (tertiary/aromatic N) is 1. The van der Waals surface area contributed by atoms with Gasteiger partial charge >= 0.3 is 0 Å². The van der Waals surface area contributed by atoms with Crippen molar-refractivity contribution in [1.82, 2.24) is 15.5 Å². The van der Waals surface area contributed by atoms with Gasteiger partial charge in [0.15, 0.2) is 0 Å². The van der Waals surface area contributed by atoms with Crippen LogP contribution in [0.3, 0.4) is 0 Å². The number of hydrogen-bond acceptors (Lipinski definition) is 3. The van der Waals surface area contributed by atoms with Crippen LogP contribution in [0, 0.1) is 23.2 Å². The van der Waals surface area contributed by atoms with Crippen molar-refractivity contribution < 1.29 is 14.4 Å². The molecule has 0 spiro atoms. The first-order chi connectivity index (χ1) is 15.5. The Kier molecular flexibility index (Phi) is 5.95. The van der Waals surface area contributed by atoms with E-state index < -0.39 is 0 Å². The van der Waals surface area contributed by atoms with E-state index in [2.05, 4.69) is 10.6 Å². The van der Waals surface area contributed by atoms with Gasteiger partial charge in [0.2, 0.25) is 11.8 Å². The van der Waals surface area contributed by atoms with Crippen LogP contribution in [0.15, 0.2) is 30.3 Å². The average Bonchev–Trinajstić information content (AvgIpc) is 2.77. The van der Waals surface area contributed by atoms with E-state index in [4.69, 9.17) is 0 Å². The van der Waals surface area contributed by atoms with Gasteiger partial charge in [-0.25, -0.2) is 0 Å². The van der Waals surface area contributed by atoms with Crippen LogP contribution < -0.4 is 10.6 Å². The van der Waals surface area contributed by atoms with Crippen LogP contribution in [-0.2, 0) is 9.59 Å². The number of carbonyl (C=O) groups is 3. The van der Waals surface area contributed by atoms with E-state index >= 15 is 0 Å². The molecule has 5 aliphatic rings. The number of benzene rings is 1. The lowest BCUT2D eigenvalue weighted by Crippen LogP contribution is -2.50. The molecule has 5 fully saturated rings. The largest absolute Gasteiger partial charge is 0.349 e. The normalized spacial score (nSPS) is 31.4. The Morgan fingerprint density at radius 3 is 2.09 bits per heavy atom. The van der Waals surface area contributed by atoms with Crippen molar-refractivity contribution in [3.63, 3.8) is 0 Å². The quantitative estimate of drug-likeness (QED) is 0.718. The third kappa shape index (κ3) is 4.69. The van der Waals surface area contributed by atoms with Crippen LogP contribution in [0.4, 0.5) is 0 Å². The van der Waals surface area contributed by atoms with E-state index in [0.717, 1.165) is 30.6 Å². The van der Waals surface area contributed by atoms with Crippen LogP contribution in [0.2, 0.25) is 0 Å². The van der Waals surface area contributed by atoms with Gasteiger partial charge in [0, 0.05) is 31.1 Å². The maximum Gasteiger partial charge on any atom is 0.251 e.